The van der Waals surface area contributed by atoms with Crippen LogP contribution in [0.5, 0.6) is 0 Å². The Morgan fingerprint density at radius 1 is 0.341 bits per heavy atom. The Bertz CT molecular complexity index is 1150. The zero-order chi connectivity index (χ0) is 30.5. The van der Waals surface area contributed by atoms with E-state index >= 15 is 0 Å². The van der Waals surface area contributed by atoms with E-state index in [1.807, 2.05) is 0 Å². The topological polar surface area (TPSA) is 0 Å². The van der Waals surface area contributed by atoms with E-state index in [2.05, 4.69) is 122 Å². The molecule has 0 amide bonds. The van der Waals surface area contributed by atoms with Crippen LogP contribution >= 0.6 is 7.26 Å². The molecule has 0 atom stereocenters. The highest BCUT2D eigenvalue weighted by Crippen LogP contribution is 2.58. The van der Waals surface area contributed by atoms with Gasteiger partial charge in [-0.2, -0.15) is 0 Å². The third-order valence-electron chi connectivity index (χ3n) is 9.35. The van der Waals surface area contributed by atoms with Gasteiger partial charge in [0.05, 0.1) is 6.16 Å². The average Bonchev–Trinajstić information content (AvgIpc) is 3.09. The number of rotatable bonds is 22. The van der Waals surface area contributed by atoms with E-state index in [1.54, 1.807) is 0 Å². The Hall–Kier alpha value is -2.69. The number of benzene rings is 4. The Labute approximate surface area is 271 Å². The molecule has 4 aromatic rings. The van der Waals surface area contributed by atoms with E-state index in [0.29, 0.717) is 0 Å². The van der Waals surface area contributed by atoms with Gasteiger partial charge in [0.15, 0.2) is 0 Å². The van der Waals surface area contributed by atoms with Gasteiger partial charge in [-0.3, -0.25) is 0 Å². The molecule has 0 aliphatic heterocycles. The van der Waals surface area contributed by atoms with Crippen molar-refractivity contribution in [3.63, 3.8) is 0 Å². The molecule has 44 heavy (non-hydrogen) atoms. The molecule has 4 aromatic carbocycles. The lowest BCUT2D eigenvalue weighted by Gasteiger charge is -2.28. The first-order valence-electron chi connectivity index (χ1n) is 18.0. The summed E-state index contributed by atoms with van der Waals surface area (Å²) in [5.74, 6) is 0. The third-order valence-corrected chi connectivity index (χ3v) is 13.7. The summed E-state index contributed by atoms with van der Waals surface area (Å²) in [6, 6.07) is 43.3. The van der Waals surface area contributed by atoms with Gasteiger partial charge >= 0.3 is 0 Å². The normalized spacial score (nSPS) is 11.6. The zero-order valence-corrected chi connectivity index (χ0v) is 28.5. The Morgan fingerprint density at radius 2 is 0.659 bits per heavy atom. The van der Waals surface area contributed by atoms with Crippen molar-refractivity contribution in [1.29, 1.82) is 0 Å². The highest BCUT2D eigenvalue weighted by atomic mass is 31.2. The molecule has 1 heteroatoms. The summed E-state index contributed by atoms with van der Waals surface area (Å²) in [5.41, 5.74) is 2.92. The highest BCUT2D eigenvalue weighted by Gasteiger charge is 2.45. The predicted octanol–water partition coefficient (Wildman–Crippen LogP) is 12.0. The summed E-state index contributed by atoms with van der Waals surface area (Å²) in [7, 11) is -1.85. The molecule has 0 aliphatic carbocycles. The molecular weight excluding hydrogens is 547 g/mol. The largest absolute Gasteiger partial charge is 0.116 e. The van der Waals surface area contributed by atoms with E-state index in [1.165, 1.54) is 136 Å². The van der Waals surface area contributed by atoms with Gasteiger partial charge in [0.25, 0.3) is 0 Å². The van der Waals surface area contributed by atoms with Gasteiger partial charge in [-0.15, -0.1) is 0 Å². The zero-order valence-electron chi connectivity index (χ0n) is 27.6. The van der Waals surface area contributed by atoms with Gasteiger partial charge in [0.1, 0.15) is 23.2 Å². The first-order valence-corrected chi connectivity index (χ1v) is 19.9. The van der Waals surface area contributed by atoms with E-state index in [9.17, 15) is 0 Å². The van der Waals surface area contributed by atoms with Crippen molar-refractivity contribution in [2.24, 2.45) is 0 Å². The van der Waals surface area contributed by atoms with E-state index < -0.39 is 7.26 Å². The van der Waals surface area contributed by atoms with Crippen molar-refractivity contribution >= 4 is 23.2 Å². The molecule has 0 bridgehead atoms. The molecule has 0 spiro atoms. The third kappa shape index (κ3) is 11.0. The molecular formula is C43H58P+. The first kappa shape index (κ1) is 34.2. The maximum Gasteiger partial charge on any atom is 0.116 e. The van der Waals surface area contributed by atoms with Crippen molar-refractivity contribution < 1.29 is 0 Å². The van der Waals surface area contributed by atoms with Crippen LogP contribution in [0.4, 0.5) is 0 Å². The Kier molecular flexibility index (Phi) is 15.8. The average molecular weight is 606 g/mol. The molecule has 0 aliphatic rings. The number of hydrogen-bond acceptors (Lipinski definition) is 0. The number of unbranched alkanes of at least 4 members (excludes halogenated alkanes) is 15. The number of hydrogen-bond donors (Lipinski definition) is 0. The lowest BCUT2D eigenvalue weighted by Crippen LogP contribution is -2.32. The molecule has 0 saturated carbocycles. The molecule has 234 valence electrons. The standard InChI is InChI=1S/C43H58P/c1-2-3-4-5-6-7-8-9-10-11-12-13-14-15-16-20-27-39-34-36-40(37-35-39)38-44(41-28-21-17-22-29-41,42-30-23-18-24-31-42)43-32-25-19-26-33-43/h17-19,21-26,28-37H,2-16,20,27,38H2,1H3/q+1. The summed E-state index contributed by atoms with van der Waals surface area (Å²) in [5, 5.41) is 4.36. The minimum Gasteiger partial charge on any atom is -0.0654 e. The quantitative estimate of drug-likeness (QED) is 0.0617. The summed E-state index contributed by atoms with van der Waals surface area (Å²) in [6.45, 7) is 2.30. The molecule has 0 saturated heterocycles. The van der Waals surface area contributed by atoms with Crippen molar-refractivity contribution in [1.82, 2.24) is 0 Å². The van der Waals surface area contributed by atoms with Crippen LogP contribution in [0, 0.1) is 0 Å². The summed E-state index contributed by atoms with van der Waals surface area (Å²) >= 11 is 0. The smallest absolute Gasteiger partial charge is 0.0654 e. The van der Waals surface area contributed by atoms with E-state index in [-0.39, 0.29) is 0 Å². The maximum atomic E-state index is 2.41. The van der Waals surface area contributed by atoms with Gasteiger partial charge < -0.3 is 0 Å². The van der Waals surface area contributed by atoms with E-state index in [4.69, 9.17) is 0 Å². The van der Waals surface area contributed by atoms with Gasteiger partial charge in [-0.25, -0.2) is 0 Å². The van der Waals surface area contributed by atoms with Crippen LogP contribution in [-0.2, 0) is 12.6 Å². The van der Waals surface area contributed by atoms with Crippen LogP contribution in [0.3, 0.4) is 0 Å². The van der Waals surface area contributed by atoms with Crippen molar-refractivity contribution in [2.45, 2.75) is 122 Å². The van der Waals surface area contributed by atoms with Crippen molar-refractivity contribution in [3.05, 3.63) is 126 Å². The van der Waals surface area contributed by atoms with Crippen LogP contribution in [0.25, 0.3) is 0 Å². The Balaban J connectivity index is 1.21. The summed E-state index contributed by atoms with van der Waals surface area (Å²) in [4.78, 5) is 0. The van der Waals surface area contributed by atoms with Crippen molar-refractivity contribution in [3.8, 4) is 0 Å². The van der Waals surface area contributed by atoms with Crippen molar-refractivity contribution in [2.75, 3.05) is 0 Å². The first-order chi connectivity index (χ1) is 21.8. The molecule has 0 aromatic heterocycles. The Morgan fingerprint density at radius 3 is 1.02 bits per heavy atom. The fourth-order valence-corrected chi connectivity index (χ4v) is 11.0. The molecule has 0 nitrogen and oxygen atoms in total. The second-order valence-corrected chi connectivity index (χ2v) is 16.3. The molecule has 0 fully saturated rings. The van der Waals surface area contributed by atoms with Crippen LogP contribution in [-0.4, -0.2) is 0 Å². The number of aryl methyl sites for hydroxylation is 1. The second kappa shape index (κ2) is 20.4. The monoisotopic (exact) mass is 605 g/mol. The fraction of sp³-hybridized carbons (Fsp3) is 0.442. The summed E-state index contributed by atoms with van der Waals surface area (Å²) in [6.07, 6.45) is 25.0. The summed E-state index contributed by atoms with van der Waals surface area (Å²) < 4.78 is 0. The van der Waals surface area contributed by atoms with Crippen LogP contribution in [0.1, 0.15) is 121 Å². The van der Waals surface area contributed by atoms with Crippen LogP contribution in [0.2, 0.25) is 0 Å². The predicted molar refractivity (Wildman–Crippen MR) is 199 cm³/mol. The molecule has 0 heterocycles. The molecule has 4 rings (SSSR count). The molecule has 0 unspecified atom stereocenters. The highest BCUT2D eigenvalue weighted by molar-refractivity contribution is 7.95. The fourth-order valence-electron chi connectivity index (χ4n) is 6.73. The molecule has 0 N–H and O–H groups in total. The van der Waals surface area contributed by atoms with Crippen LogP contribution in [0.15, 0.2) is 115 Å². The lowest BCUT2D eigenvalue weighted by atomic mass is 10.0. The van der Waals surface area contributed by atoms with Gasteiger partial charge in [0, 0.05) is 0 Å². The second-order valence-electron chi connectivity index (χ2n) is 12.8. The minimum absolute atomic E-state index is 1.05. The van der Waals surface area contributed by atoms with Gasteiger partial charge in [-0.05, 0) is 60.4 Å². The maximum absolute atomic E-state index is 2.41. The SMILES string of the molecule is CCCCCCCCCCCCCCCCCCc1ccc(C[P+](c2ccccc2)(c2ccccc2)c2ccccc2)cc1. The lowest BCUT2D eigenvalue weighted by molar-refractivity contribution is 0.529. The van der Waals surface area contributed by atoms with Gasteiger partial charge in [-0.1, -0.05) is 182 Å². The van der Waals surface area contributed by atoms with Crippen LogP contribution < -0.4 is 15.9 Å². The molecule has 0 radical (unpaired) electrons. The van der Waals surface area contributed by atoms with Gasteiger partial charge in [0.2, 0.25) is 0 Å². The van der Waals surface area contributed by atoms with E-state index in [0.717, 1.165) is 6.16 Å². The minimum atomic E-state index is -1.85.